The second-order valence-electron chi connectivity index (χ2n) is 4.22. The van der Waals surface area contributed by atoms with Crippen LogP contribution < -0.4 is 5.32 Å². The van der Waals surface area contributed by atoms with Crippen LogP contribution in [0.4, 0.5) is 0 Å². The van der Waals surface area contributed by atoms with Gasteiger partial charge in [0.05, 0.1) is 6.54 Å². The van der Waals surface area contributed by atoms with E-state index in [1.54, 1.807) is 6.33 Å². The molecular weight excluding hydrogens is 228 g/mol. The van der Waals surface area contributed by atoms with E-state index in [0.717, 1.165) is 23.5 Å². The summed E-state index contributed by atoms with van der Waals surface area (Å²) in [5, 5.41) is 21.1. The largest absolute Gasteiger partial charge is 0.507 e. The van der Waals surface area contributed by atoms with Crippen molar-refractivity contribution >= 4 is 0 Å². The molecule has 0 aliphatic carbocycles. The molecule has 0 atom stereocenters. The van der Waals surface area contributed by atoms with Crippen molar-refractivity contribution < 1.29 is 5.11 Å². The zero-order chi connectivity index (χ0) is 13.0. The number of nitrogens with one attached hydrogen (secondary N) is 1. The summed E-state index contributed by atoms with van der Waals surface area (Å²) in [5.41, 5.74) is 1.79. The molecule has 0 radical (unpaired) electrons. The van der Waals surface area contributed by atoms with Crippen molar-refractivity contribution in [2.24, 2.45) is 0 Å². The maximum absolute atomic E-state index is 9.88. The van der Waals surface area contributed by atoms with E-state index in [9.17, 15) is 5.11 Å². The predicted molar refractivity (Wildman–Crippen MR) is 69.1 cm³/mol. The van der Waals surface area contributed by atoms with Crippen LogP contribution in [0.3, 0.4) is 0 Å². The molecule has 0 aliphatic heterocycles. The molecule has 5 nitrogen and oxygen atoms in total. The van der Waals surface area contributed by atoms with Crippen LogP contribution in [0, 0.1) is 6.92 Å². The fraction of sp³-hybridized carbons (Fsp3) is 0.385. The highest BCUT2D eigenvalue weighted by molar-refractivity contribution is 5.39. The van der Waals surface area contributed by atoms with Gasteiger partial charge in [-0.1, -0.05) is 18.2 Å². The molecule has 2 aromatic rings. The van der Waals surface area contributed by atoms with Crippen molar-refractivity contribution in [3.05, 3.63) is 41.5 Å². The maximum atomic E-state index is 9.88. The summed E-state index contributed by atoms with van der Waals surface area (Å²) in [6, 6.07) is 5.76. The summed E-state index contributed by atoms with van der Waals surface area (Å²) in [7, 11) is 0. The molecule has 0 saturated heterocycles. The lowest BCUT2D eigenvalue weighted by molar-refractivity contribution is 0.459. The van der Waals surface area contributed by atoms with E-state index in [1.807, 2.05) is 29.7 Å². The van der Waals surface area contributed by atoms with Crippen molar-refractivity contribution in [2.75, 3.05) is 0 Å². The van der Waals surface area contributed by atoms with Crippen molar-refractivity contribution in [1.29, 1.82) is 0 Å². The van der Waals surface area contributed by atoms with E-state index in [4.69, 9.17) is 0 Å². The topological polar surface area (TPSA) is 63.0 Å². The van der Waals surface area contributed by atoms with Gasteiger partial charge in [-0.2, -0.15) is 0 Å². The third kappa shape index (κ3) is 2.68. The molecule has 18 heavy (non-hydrogen) atoms. The van der Waals surface area contributed by atoms with Crippen molar-refractivity contribution in [3.8, 4) is 5.75 Å². The van der Waals surface area contributed by atoms with E-state index >= 15 is 0 Å². The highest BCUT2D eigenvalue weighted by Gasteiger charge is 2.05. The van der Waals surface area contributed by atoms with Gasteiger partial charge in [0.1, 0.15) is 17.9 Å². The zero-order valence-electron chi connectivity index (χ0n) is 10.7. The number of phenolic OH excluding ortho intramolecular Hbond substituents is 1. The molecule has 1 aromatic heterocycles. The molecule has 1 aromatic carbocycles. The van der Waals surface area contributed by atoms with E-state index in [0.29, 0.717) is 18.8 Å². The van der Waals surface area contributed by atoms with Crippen LogP contribution in [-0.4, -0.2) is 19.9 Å². The van der Waals surface area contributed by atoms with E-state index in [2.05, 4.69) is 22.4 Å². The molecule has 1 heterocycles. The lowest BCUT2D eigenvalue weighted by Gasteiger charge is -2.08. The number of hydrogen-bond acceptors (Lipinski definition) is 4. The molecule has 2 rings (SSSR count). The minimum Gasteiger partial charge on any atom is -0.507 e. The Kier molecular flexibility index (Phi) is 3.94. The molecule has 0 spiro atoms. The molecule has 2 N–H and O–H groups in total. The van der Waals surface area contributed by atoms with E-state index in [-0.39, 0.29) is 0 Å². The molecule has 0 saturated carbocycles. The number of aryl methyl sites for hydroxylation is 2. The highest BCUT2D eigenvalue weighted by atomic mass is 16.3. The molecule has 0 unspecified atom stereocenters. The number of aromatic nitrogens is 3. The van der Waals surface area contributed by atoms with Crippen LogP contribution in [0.15, 0.2) is 24.5 Å². The molecular formula is C13H18N4O. The first-order valence-corrected chi connectivity index (χ1v) is 6.07. The second-order valence-corrected chi connectivity index (χ2v) is 4.22. The molecule has 0 fully saturated rings. The summed E-state index contributed by atoms with van der Waals surface area (Å²) in [4.78, 5) is 0. The first-order chi connectivity index (χ1) is 8.72. The fourth-order valence-corrected chi connectivity index (χ4v) is 1.85. The van der Waals surface area contributed by atoms with E-state index in [1.165, 1.54) is 0 Å². The van der Waals surface area contributed by atoms with Gasteiger partial charge in [-0.15, -0.1) is 10.2 Å². The Morgan fingerprint density at radius 1 is 1.33 bits per heavy atom. The minimum absolute atomic E-state index is 0.363. The van der Waals surface area contributed by atoms with Gasteiger partial charge >= 0.3 is 0 Å². The number of nitrogens with zero attached hydrogens (tertiary/aromatic N) is 3. The number of hydrogen-bond donors (Lipinski definition) is 2. The van der Waals surface area contributed by atoms with Gasteiger partial charge < -0.3 is 15.0 Å². The van der Waals surface area contributed by atoms with E-state index < -0.39 is 0 Å². The summed E-state index contributed by atoms with van der Waals surface area (Å²) in [5.74, 6) is 1.27. The number of phenols is 1. The smallest absolute Gasteiger partial charge is 0.146 e. The third-order valence-electron chi connectivity index (χ3n) is 2.96. The second kappa shape index (κ2) is 5.64. The van der Waals surface area contributed by atoms with Gasteiger partial charge in [-0.25, -0.2) is 0 Å². The van der Waals surface area contributed by atoms with Crippen LogP contribution in [-0.2, 0) is 19.6 Å². The number of para-hydroxylation sites is 1. The Morgan fingerprint density at radius 3 is 2.94 bits per heavy atom. The normalized spacial score (nSPS) is 10.8. The highest BCUT2D eigenvalue weighted by Crippen LogP contribution is 2.20. The van der Waals surface area contributed by atoms with Gasteiger partial charge in [-0.3, -0.25) is 0 Å². The molecule has 96 valence electrons. The van der Waals surface area contributed by atoms with Gasteiger partial charge in [0.25, 0.3) is 0 Å². The van der Waals surface area contributed by atoms with Crippen molar-refractivity contribution in [1.82, 2.24) is 20.1 Å². The van der Waals surface area contributed by atoms with Crippen LogP contribution >= 0.6 is 0 Å². The Bertz CT molecular complexity index is 521. The zero-order valence-corrected chi connectivity index (χ0v) is 10.7. The summed E-state index contributed by atoms with van der Waals surface area (Å²) in [6.07, 6.45) is 1.72. The minimum atomic E-state index is 0.363. The average Bonchev–Trinajstić information content (AvgIpc) is 2.82. The maximum Gasteiger partial charge on any atom is 0.146 e. The van der Waals surface area contributed by atoms with Crippen LogP contribution in [0.1, 0.15) is 23.9 Å². The SMILES string of the molecule is CCn1cnnc1CNCc1cccc(C)c1O. The Balaban J connectivity index is 1.94. The fourth-order valence-electron chi connectivity index (χ4n) is 1.85. The van der Waals surface area contributed by atoms with Crippen LogP contribution in [0.25, 0.3) is 0 Å². The van der Waals surface area contributed by atoms with Gasteiger partial charge in [0.15, 0.2) is 0 Å². The van der Waals surface area contributed by atoms with Crippen molar-refractivity contribution in [2.45, 2.75) is 33.5 Å². The average molecular weight is 246 g/mol. The summed E-state index contributed by atoms with van der Waals surface area (Å²) < 4.78 is 1.99. The third-order valence-corrected chi connectivity index (χ3v) is 2.96. The molecule has 5 heteroatoms. The van der Waals surface area contributed by atoms with Crippen LogP contribution in [0.5, 0.6) is 5.75 Å². The van der Waals surface area contributed by atoms with Crippen molar-refractivity contribution in [3.63, 3.8) is 0 Å². The summed E-state index contributed by atoms with van der Waals surface area (Å²) >= 11 is 0. The number of benzene rings is 1. The quantitative estimate of drug-likeness (QED) is 0.841. The Hall–Kier alpha value is -1.88. The van der Waals surface area contributed by atoms with Crippen LogP contribution in [0.2, 0.25) is 0 Å². The predicted octanol–water partition coefficient (Wildman–Crippen LogP) is 1.60. The number of aromatic hydroxyl groups is 1. The Labute approximate surface area is 106 Å². The first-order valence-electron chi connectivity index (χ1n) is 6.07. The standard InChI is InChI=1S/C13H18N4O/c1-3-17-9-15-16-12(17)8-14-7-11-6-4-5-10(2)13(11)18/h4-6,9,14,18H,3,7-8H2,1-2H3. The monoisotopic (exact) mass is 246 g/mol. The molecule has 0 bridgehead atoms. The number of rotatable bonds is 5. The lowest BCUT2D eigenvalue weighted by Crippen LogP contribution is -2.16. The molecule has 0 aliphatic rings. The summed E-state index contributed by atoms with van der Waals surface area (Å²) in [6.45, 7) is 6.07. The lowest BCUT2D eigenvalue weighted by atomic mass is 10.1. The van der Waals surface area contributed by atoms with Gasteiger partial charge in [-0.05, 0) is 19.4 Å². The van der Waals surface area contributed by atoms with Gasteiger partial charge in [0, 0.05) is 18.7 Å². The van der Waals surface area contributed by atoms with Gasteiger partial charge in [0.2, 0.25) is 0 Å². The Morgan fingerprint density at radius 2 is 2.17 bits per heavy atom. The molecule has 0 amide bonds. The first kappa shape index (κ1) is 12.6.